The molecule has 0 aliphatic heterocycles. The van der Waals surface area contributed by atoms with Crippen LogP contribution in [0.25, 0.3) is 0 Å². The highest BCUT2D eigenvalue weighted by Gasteiger charge is 2.16. The van der Waals surface area contributed by atoms with Crippen LogP contribution >= 0.6 is 11.6 Å². The lowest BCUT2D eigenvalue weighted by atomic mass is 9.86. The third-order valence-corrected chi connectivity index (χ3v) is 2.43. The van der Waals surface area contributed by atoms with E-state index in [1.807, 2.05) is 6.07 Å². The lowest BCUT2D eigenvalue weighted by molar-refractivity contribution is 0.100. The summed E-state index contributed by atoms with van der Waals surface area (Å²) in [5, 5.41) is 0.408. The number of rotatable bonds is 1. The van der Waals surface area contributed by atoms with Crippen LogP contribution < -0.4 is 5.73 Å². The minimum absolute atomic E-state index is 0.00517. The third kappa shape index (κ3) is 2.26. The SMILES string of the molecule is CC(C)(C)c1ccc(Cl)c(C(N)=O)c1. The average Bonchev–Trinajstić information content (AvgIpc) is 2.02. The van der Waals surface area contributed by atoms with E-state index >= 15 is 0 Å². The van der Waals surface area contributed by atoms with Crippen LogP contribution in [0.15, 0.2) is 18.2 Å². The van der Waals surface area contributed by atoms with Crippen molar-refractivity contribution in [2.75, 3.05) is 0 Å². The summed E-state index contributed by atoms with van der Waals surface area (Å²) >= 11 is 5.84. The summed E-state index contributed by atoms with van der Waals surface area (Å²) < 4.78 is 0. The fraction of sp³-hybridized carbons (Fsp3) is 0.364. The number of amides is 1. The van der Waals surface area contributed by atoms with Crippen molar-refractivity contribution in [1.29, 1.82) is 0 Å². The maximum Gasteiger partial charge on any atom is 0.250 e. The van der Waals surface area contributed by atoms with Gasteiger partial charge in [0, 0.05) is 0 Å². The van der Waals surface area contributed by atoms with Gasteiger partial charge in [-0.3, -0.25) is 4.79 Å². The molecule has 0 radical (unpaired) electrons. The highest BCUT2D eigenvalue weighted by atomic mass is 35.5. The second kappa shape index (κ2) is 3.62. The minimum Gasteiger partial charge on any atom is -0.366 e. The molecule has 0 aliphatic carbocycles. The smallest absolute Gasteiger partial charge is 0.250 e. The summed E-state index contributed by atoms with van der Waals surface area (Å²) in [6.45, 7) is 6.21. The van der Waals surface area contributed by atoms with Crippen LogP contribution in [0.5, 0.6) is 0 Å². The molecular formula is C11H14ClNO. The highest BCUT2D eigenvalue weighted by molar-refractivity contribution is 6.33. The van der Waals surface area contributed by atoms with Gasteiger partial charge >= 0.3 is 0 Å². The van der Waals surface area contributed by atoms with Gasteiger partial charge in [0.25, 0.3) is 0 Å². The van der Waals surface area contributed by atoms with E-state index in [1.165, 1.54) is 0 Å². The first-order chi connectivity index (χ1) is 6.32. The molecule has 0 atom stereocenters. The van der Waals surface area contributed by atoms with Crippen molar-refractivity contribution in [3.05, 3.63) is 34.3 Å². The van der Waals surface area contributed by atoms with Crippen molar-refractivity contribution in [3.63, 3.8) is 0 Å². The number of benzene rings is 1. The molecule has 0 aromatic heterocycles. The van der Waals surface area contributed by atoms with Crippen molar-refractivity contribution in [1.82, 2.24) is 0 Å². The van der Waals surface area contributed by atoms with Crippen molar-refractivity contribution in [2.24, 2.45) is 5.73 Å². The van der Waals surface area contributed by atoms with Crippen molar-refractivity contribution < 1.29 is 4.79 Å². The molecule has 0 aliphatic rings. The zero-order valence-electron chi connectivity index (χ0n) is 8.60. The predicted octanol–water partition coefficient (Wildman–Crippen LogP) is 2.74. The third-order valence-electron chi connectivity index (χ3n) is 2.10. The molecular weight excluding hydrogens is 198 g/mol. The van der Waals surface area contributed by atoms with Gasteiger partial charge in [-0.05, 0) is 23.1 Å². The molecule has 0 bridgehead atoms. The Bertz CT molecular complexity index is 366. The summed E-state index contributed by atoms with van der Waals surface area (Å²) in [5.74, 6) is -0.485. The molecule has 76 valence electrons. The standard InChI is InChI=1S/C11H14ClNO/c1-11(2,3)7-4-5-9(12)8(6-7)10(13)14/h4-6H,1-3H3,(H2,13,14). The van der Waals surface area contributed by atoms with Crippen LogP contribution in [0.1, 0.15) is 36.7 Å². The minimum atomic E-state index is -0.485. The largest absolute Gasteiger partial charge is 0.366 e. The van der Waals surface area contributed by atoms with Gasteiger partial charge in [0.1, 0.15) is 0 Å². The molecule has 0 spiro atoms. The van der Waals surface area contributed by atoms with E-state index in [2.05, 4.69) is 20.8 Å². The number of nitrogens with two attached hydrogens (primary N) is 1. The Balaban J connectivity index is 3.27. The van der Waals surface area contributed by atoms with Gasteiger partial charge in [0.2, 0.25) is 5.91 Å². The van der Waals surface area contributed by atoms with E-state index in [9.17, 15) is 4.79 Å². The number of halogens is 1. The lowest BCUT2D eigenvalue weighted by Gasteiger charge is -2.19. The number of carbonyl (C=O) groups excluding carboxylic acids is 1. The van der Waals surface area contributed by atoms with Gasteiger partial charge < -0.3 is 5.73 Å². The van der Waals surface area contributed by atoms with E-state index in [4.69, 9.17) is 17.3 Å². The molecule has 0 saturated carbocycles. The second-order valence-electron chi connectivity index (χ2n) is 4.31. The maximum absolute atomic E-state index is 11.0. The quantitative estimate of drug-likeness (QED) is 0.763. The van der Waals surface area contributed by atoms with E-state index in [1.54, 1.807) is 12.1 Å². The maximum atomic E-state index is 11.0. The van der Waals surface area contributed by atoms with Crippen LogP contribution in [-0.4, -0.2) is 5.91 Å². The summed E-state index contributed by atoms with van der Waals surface area (Å²) in [6, 6.07) is 5.38. The summed E-state index contributed by atoms with van der Waals surface area (Å²) in [4.78, 5) is 11.0. The number of primary amides is 1. The molecule has 0 heterocycles. The van der Waals surface area contributed by atoms with Crippen LogP contribution in [0.3, 0.4) is 0 Å². The molecule has 1 aromatic carbocycles. The highest BCUT2D eigenvalue weighted by Crippen LogP contribution is 2.26. The number of carbonyl (C=O) groups is 1. The van der Waals surface area contributed by atoms with Crippen molar-refractivity contribution in [2.45, 2.75) is 26.2 Å². The normalized spacial score (nSPS) is 11.4. The Morgan fingerprint density at radius 3 is 2.36 bits per heavy atom. The molecule has 1 aromatic rings. The Kier molecular flexibility index (Phi) is 2.86. The van der Waals surface area contributed by atoms with Gasteiger partial charge in [0.15, 0.2) is 0 Å². The Labute approximate surface area is 89.1 Å². The predicted molar refractivity (Wildman–Crippen MR) is 58.7 cm³/mol. The van der Waals surface area contributed by atoms with Crippen LogP contribution in [0.2, 0.25) is 5.02 Å². The van der Waals surface area contributed by atoms with Gasteiger partial charge in [-0.2, -0.15) is 0 Å². The topological polar surface area (TPSA) is 43.1 Å². The zero-order valence-corrected chi connectivity index (χ0v) is 9.35. The monoisotopic (exact) mass is 211 g/mol. The fourth-order valence-corrected chi connectivity index (χ4v) is 1.39. The Morgan fingerprint density at radius 1 is 1.36 bits per heavy atom. The molecule has 0 fully saturated rings. The van der Waals surface area contributed by atoms with E-state index in [0.29, 0.717) is 10.6 Å². The number of hydrogen-bond donors (Lipinski definition) is 1. The molecule has 2 nitrogen and oxygen atoms in total. The Hall–Kier alpha value is -1.02. The first-order valence-corrected chi connectivity index (χ1v) is 4.80. The fourth-order valence-electron chi connectivity index (χ4n) is 1.18. The first kappa shape index (κ1) is 11.1. The summed E-state index contributed by atoms with van der Waals surface area (Å²) in [7, 11) is 0. The lowest BCUT2D eigenvalue weighted by Crippen LogP contribution is -2.16. The van der Waals surface area contributed by atoms with E-state index < -0.39 is 5.91 Å². The van der Waals surface area contributed by atoms with Gasteiger partial charge in [0.05, 0.1) is 10.6 Å². The van der Waals surface area contributed by atoms with E-state index in [-0.39, 0.29) is 5.41 Å². The van der Waals surface area contributed by atoms with Crippen LogP contribution in [0, 0.1) is 0 Å². The molecule has 2 N–H and O–H groups in total. The van der Waals surface area contributed by atoms with Gasteiger partial charge in [-0.25, -0.2) is 0 Å². The molecule has 3 heteroatoms. The average molecular weight is 212 g/mol. The van der Waals surface area contributed by atoms with E-state index in [0.717, 1.165) is 5.56 Å². The van der Waals surface area contributed by atoms with Crippen LogP contribution in [-0.2, 0) is 5.41 Å². The Morgan fingerprint density at radius 2 is 1.93 bits per heavy atom. The molecule has 1 rings (SSSR count). The zero-order chi connectivity index (χ0) is 10.9. The van der Waals surface area contributed by atoms with Crippen molar-refractivity contribution in [3.8, 4) is 0 Å². The molecule has 1 amide bonds. The van der Waals surface area contributed by atoms with Crippen LogP contribution in [0.4, 0.5) is 0 Å². The molecule has 0 unspecified atom stereocenters. The number of hydrogen-bond acceptors (Lipinski definition) is 1. The van der Waals surface area contributed by atoms with Crippen molar-refractivity contribution >= 4 is 17.5 Å². The molecule has 14 heavy (non-hydrogen) atoms. The van der Waals surface area contributed by atoms with Gasteiger partial charge in [-0.1, -0.05) is 38.4 Å². The second-order valence-corrected chi connectivity index (χ2v) is 4.72. The first-order valence-electron chi connectivity index (χ1n) is 4.42. The summed E-state index contributed by atoms with van der Waals surface area (Å²) in [6.07, 6.45) is 0. The van der Waals surface area contributed by atoms with Gasteiger partial charge in [-0.15, -0.1) is 0 Å². The summed E-state index contributed by atoms with van der Waals surface area (Å²) in [5.41, 5.74) is 6.64. The molecule has 0 saturated heterocycles.